The maximum absolute atomic E-state index is 13.5. The van der Waals surface area contributed by atoms with Gasteiger partial charge in [0.2, 0.25) is 5.91 Å². The zero-order valence-electron chi connectivity index (χ0n) is 20.4. The minimum absolute atomic E-state index is 0.0509. The molecule has 184 valence electrons. The molecule has 0 spiro atoms. The van der Waals surface area contributed by atoms with Crippen LogP contribution in [-0.2, 0) is 16.0 Å². The first kappa shape index (κ1) is 24.8. The van der Waals surface area contributed by atoms with Crippen LogP contribution in [0.5, 0.6) is 0 Å². The summed E-state index contributed by atoms with van der Waals surface area (Å²) in [7, 11) is 1.83. The Morgan fingerprint density at radius 3 is 2.83 bits per heavy atom. The smallest absolute Gasteiger partial charge is 0.335 e. The maximum Gasteiger partial charge on any atom is 0.335 e. The number of hydrogen-bond donors (Lipinski definition) is 2. The van der Waals surface area contributed by atoms with E-state index in [0.29, 0.717) is 19.3 Å². The van der Waals surface area contributed by atoms with E-state index in [2.05, 4.69) is 22.0 Å². The highest BCUT2D eigenvalue weighted by molar-refractivity contribution is 5.99. The first-order valence-corrected chi connectivity index (χ1v) is 12.2. The molecular formula is C27H34N5O3+. The van der Waals surface area contributed by atoms with Gasteiger partial charge in [-0.1, -0.05) is 25.5 Å². The molecule has 1 aliphatic carbocycles. The molecule has 1 aromatic heterocycles. The fourth-order valence-electron chi connectivity index (χ4n) is 5.15. The van der Waals surface area contributed by atoms with Gasteiger partial charge in [0.25, 0.3) is 0 Å². The van der Waals surface area contributed by atoms with Crippen LogP contribution in [0.2, 0.25) is 0 Å². The molecule has 0 aromatic carbocycles. The van der Waals surface area contributed by atoms with Crippen molar-refractivity contribution in [3.63, 3.8) is 0 Å². The first-order chi connectivity index (χ1) is 16.9. The van der Waals surface area contributed by atoms with Gasteiger partial charge in [-0.15, -0.1) is 0 Å². The minimum Gasteiger partial charge on any atom is -0.391 e. The number of allylic oxidation sites excluding steroid dienone is 4. The van der Waals surface area contributed by atoms with Crippen LogP contribution in [0.1, 0.15) is 44.7 Å². The molecule has 0 saturated heterocycles. The lowest BCUT2D eigenvalue weighted by Crippen LogP contribution is -2.56. The van der Waals surface area contributed by atoms with Crippen LogP contribution in [0.15, 0.2) is 71.9 Å². The van der Waals surface area contributed by atoms with Gasteiger partial charge in [0.15, 0.2) is 5.92 Å². The van der Waals surface area contributed by atoms with Crippen LogP contribution >= 0.6 is 0 Å². The van der Waals surface area contributed by atoms with Crippen LogP contribution in [0.25, 0.3) is 0 Å². The second kappa shape index (κ2) is 10.5. The summed E-state index contributed by atoms with van der Waals surface area (Å²) >= 11 is 0. The third-order valence-electron chi connectivity index (χ3n) is 7.07. The van der Waals surface area contributed by atoms with Crippen molar-refractivity contribution in [2.45, 2.75) is 57.6 Å². The number of hydrogen-bond acceptors (Lipinski definition) is 6. The number of nitrogens with one attached hydrogen (secondary N) is 1. The summed E-state index contributed by atoms with van der Waals surface area (Å²) in [6.07, 6.45) is 16.2. The second-order valence-corrected chi connectivity index (χ2v) is 9.41. The predicted octanol–water partition coefficient (Wildman–Crippen LogP) is 3.33. The van der Waals surface area contributed by atoms with Crippen LogP contribution in [0, 0.1) is 5.92 Å². The number of rotatable bonds is 7. The molecule has 2 aliphatic heterocycles. The largest absolute Gasteiger partial charge is 0.391 e. The van der Waals surface area contributed by atoms with Gasteiger partial charge in [0.05, 0.1) is 31.1 Å². The summed E-state index contributed by atoms with van der Waals surface area (Å²) in [5.74, 6) is -1.28. The van der Waals surface area contributed by atoms with Gasteiger partial charge in [-0.3, -0.25) is 9.78 Å². The Morgan fingerprint density at radius 1 is 1.34 bits per heavy atom. The number of pyridine rings is 1. The third kappa shape index (κ3) is 5.04. The Labute approximate surface area is 206 Å². The highest BCUT2D eigenvalue weighted by atomic mass is 16.3. The van der Waals surface area contributed by atoms with Gasteiger partial charge >= 0.3 is 5.91 Å². The third-order valence-corrected chi connectivity index (χ3v) is 7.07. The summed E-state index contributed by atoms with van der Waals surface area (Å²) < 4.78 is -0.0509. The number of aromatic nitrogens is 1. The van der Waals surface area contributed by atoms with Crippen molar-refractivity contribution in [1.29, 1.82) is 0 Å². The van der Waals surface area contributed by atoms with Crippen LogP contribution in [0.4, 0.5) is 5.69 Å². The van der Waals surface area contributed by atoms with Crippen LogP contribution in [-0.4, -0.2) is 51.8 Å². The Hall–Kier alpha value is -3.36. The fourth-order valence-corrected chi connectivity index (χ4v) is 5.15. The minimum atomic E-state index is -0.821. The van der Waals surface area contributed by atoms with E-state index in [1.54, 1.807) is 23.6 Å². The Kier molecular flexibility index (Phi) is 7.42. The second-order valence-electron chi connectivity index (χ2n) is 9.41. The molecule has 1 aromatic rings. The van der Waals surface area contributed by atoms with Gasteiger partial charge < -0.3 is 10.4 Å². The van der Waals surface area contributed by atoms with E-state index in [9.17, 15) is 14.7 Å². The van der Waals surface area contributed by atoms with E-state index in [4.69, 9.17) is 0 Å². The van der Waals surface area contributed by atoms with Crippen molar-refractivity contribution < 1.29 is 19.2 Å². The number of aliphatic hydroxyl groups excluding tert-OH is 1. The van der Waals surface area contributed by atoms with Crippen molar-refractivity contribution in [3.05, 3.63) is 72.5 Å². The van der Waals surface area contributed by atoms with Crippen molar-refractivity contribution in [1.82, 2.24) is 10.3 Å². The van der Waals surface area contributed by atoms with Gasteiger partial charge in [0.1, 0.15) is 11.9 Å². The molecule has 3 aliphatic rings. The molecule has 3 heterocycles. The number of likely N-dealkylation sites (N-methyl/N-ethyl adjacent to an activating group) is 1. The van der Waals surface area contributed by atoms with Crippen LogP contribution in [0.3, 0.4) is 0 Å². The number of amides is 2. The Balaban J connectivity index is 1.59. The number of carbonyl (C=O) groups excluding carboxylic acids is 2. The van der Waals surface area contributed by atoms with Crippen molar-refractivity contribution in [2.75, 3.05) is 12.1 Å². The summed E-state index contributed by atoms with van der Waals surface area (Å²) in [5, 5.41) is 19.2. The quantitative estimate of drug-likeness (QED) is 0.272. The summed E-state index contributed by atoms with van der Waals surface area (Å²) in [4.78, 5) is 31.4. The lowest BCUT2D eigenvalue weighted by Gasteiger charge is -2.38. The molecule has 2 amide bonds. The number of carbonyl (C=O) groups is 2. The molecule has 0 bridgehead atoms. The SMILES string of the molecule is C=CN(N=CC)c1ccc(CC2=C3C=CC=C[N+]3(C)C(=O)C(C(=O)NC3CCCCC3O)C2)nc1. The number of hydrazone groups is 1. The Bertz CT molecular complexity index is 1100. The topological polar surface area (TPSA) is 94.9 Å². The van der Waals surface area contributed by atoms with E-state index in [1.807, 2.05) is 50.5 Å². The molecule has 4 rings (SSSR count). The number of nitrogens with zero attached hydrogens (tertiary/aromatic N) is 4. The van der Waals surface area contributed by atoms with Gasteiger partial charge in [-0.2, -0.15) is 5.10 Å². The first-order valence-electron chi connectivity index (χ1n) is 12.2. The summed E-state index contributed by atoms with van der Waals surface area (Å²) in [6, 6.07) is 3.56. The van der Waals surface area contributed by atoms with E-state index in [1.165, 1.54) is 0 Å². The average Bonchev–Trinajstić information content (AvgIpc) is 2.86. The van der Waals surface area contributed by atoms with Crippen LogP contribution < -0.4 is 10.3 Å². The van der Waals surface area contributed by atoms with Gasteiger partial charge in [0, 0.05) is 30.6 Å². The van der Waals surface area contributed by atoms with Crippen molar-refractivity contribution in [2.24, 2.45) is 11.0 Å². The molecule has 1 fully saturated rings. The highest BCUT2D eigenvalue weighted by Gasteiger charge is 2.49. The maximum atomic E-state index is 13.5. The van der Waals surface area contributed by atoms with Gasteiger partial charge in [-0.25, -0.2) is 14.3 Å². The normalized spacial score (nSPS) is 28.2. The fraction of sp³-hybridized carbons (Fsp3) is 0.407. The van der Waals surface area contributed by atoms with E-state index in [-0.39, 0.29) is 22.3 Å². The van der Waals surface area contributed by atoms with E-state index in [0.717, 1.165) is 41.9 Å². The van der Waals surface area contributed by atoms with Gasteiger partial charge in [-0.05, 0) is 50.0 Å². The summed E-state index contributed by atoms with van der Waals surface area (Å²) in [6.45, 7) is 5.61. The molecular weight excluding hydrogens is 442 g/mol. The average molecular weight is 477 g/mol. The monoisotopic (exact) mass is 476 g/mol. The molecule has 8 heteroatoms. The molecule has 4 atom stereocenters. The number of fused-ring (bicyclic) bond motifs is 1. The number of anilines is 1. The van der Waals surface area contributed by atoms with Crippen molar-refractivity contribution in [3.8, 4) is 0 Å². The molecule has 2 N–H and O–H groups in total. The van der Waals surface area contributed by atoms with Crippen molar-refractivity contribution >= 4 is 23.7 Å². The van der Waals surface area contributed by atoms with E-state index >= 15 is 0 Å². The number of aliphatic hydroxyl groups is 1. The Morgan fingerprint density at radius 2 is 2.14 bits per heavy atom. The lowest BCUT2D eigenvalue weighted by molar-refractivity contribution is -0.742. The molecule has 0 radical (unpaired) electrons. The number of quaternary nitrogens is 1. The highest BCUT2D eigenvalue weighted by Crippen LogP contribution is 2.37. The standard InChI is InChI=1S/C27H33N5O3/c1-4-29-31(5-2)21-14-13-20(28-18-21)16-19-17-22(26(34)30-23-10-6-7-12-25(23)33)27(35)32(3)15-9-8-11-24(19)32/h4-5,8-9,11,13-15,18,22-23,25,33H,2,6-7,10,12,16-17H2,1,3H3/p+1. The molecule has 8 nitrogen and oxygen atoms in total. The van der Waals surface area contributed by atoms with E-state index < -0.39 is 12.0 Å². The zero-order chi connectivity index (χ0) is 25.0. The molecule has 35 heavy (non-hydrogen) atoms. The summed E-state index contributed by atoms with van der Waals surface area (Å²) in [5.41, 5.74) is 3.52. The zero-order valence-corrected chi connectivity index (χ0v) is 20.4. The predicted molar refractivity (Wildman–Crippen MR) is 136 cm³/mol. The lowest BCUT2D eigenvalue weighted by atomic mass is 9.85. The molecule has 1 saturated carbocycles. The molecule has 4 unspecified atom stereocenters.